The maximum atomic E-state index is 13.0. The number of hydrogen-bond acceptors (Lipinski definition) is 1. The Morgan fingerprint density at radius 2 is 1.62 bits per heavy atom. The molecule has 5 unspecified atom stereocenters. The van der Waals surface area contributed by atoms with E-state index in [0.29, 0.717) is 11.8 Å². The topological polar surface area (TPSA) is 20.2 Å². The average molecular weight is 304 g/mol. The smallest absolute Gasteiger partial charge is 0.381 e. The van der Waals surface area contributed by atoms with Crippen LogP contribution in [0.1, 0.15) is 60.3 Å². The van der Waals surface area contributed by atoms with Gasteiger partial charge in [-0.3, -0.25) is 0 Å². The zero-order valence-electron chi connectivity index (χ0n) is 13.6. The molecule has 3 aliphatic rings. The van der Waals surface area contributed by atoms with Gasteiger partial charge < -0.3 is 5.11 Å². The van der Waals surface area contributed by atoms with E-state index in [4.69, 9.17) is 0 Å². The quantitative estimate of drug-likeness (QED) is 0.778. The number of hydrogen-bond donors (Lipinski definition) is 1. The fourth-order valence-electron chi connectivity index (χ4n) is 6.68. The van der Waals surface area contributed by atoms with Gasteiger partial charge >= 0.3 is 6.18 Å². The van der Waals surface area contributed by atoms with Gasteiger partial charge in [-0.25, -0.2) is 0 Å². The molecule has 5 atom stereocenters. The molecule has 1 spiro atoms. The summed E-state index contributed by atoms with van der Waals surface area (Å²) in [5.41, 5.74) is -1.87. The molecular formula is C17H27F3O. The van der Waals surface area contributed by atoms with Crippen molar-refractivity contribution in [1.29, 1.82) is 0 Å². The minimum atomic E-state index is -4.53. The zero-order chi connectivity index (χ0) is 16.1. The third-order valence-corrected chi connectivity index (χ3v) is 7.23. The molecule has 0 heterocycles. The van der Waals surface area contributed by atoms with E-state index in [2.05, 4.69) is 27.7 Å². The minimum absolute atomic E-state index is 0.00711. The van der Waals surface area contributed by atoms with Gasteiger partial charge in [-0.2, -0.15) is 13.2 Å². The first-order chi connectivity index (χ1) is 9.25. The maximum absolute atomic E-state index is 13.0. The standard InChI is InChI=1S/C17H27F3O/c1-13(2)6-10-8-16(12(13)14(16,3)4)9-11(10)7-15(5,21)17(18,19)20/h10-12,21H,6-9H2,1-5H3. The predicted octanol–water partition coefficient (Wildman–Crippen LogP) is 4.79. The summed E-state index contributed by atoms with van der Waals surface area (Å²) >= 11 is 0. The number of alkyl halides is 3. The lowest BCUT2D eigenvalue weighted by Crippen LogP contribution is -2.44. The molecule has 4 heteroatoms. The maximum Gasteiger partial charge on any atom is 0.416 e. The van der Waals surface area contributed by atoms with Crippen molar-refractivity contribution in [2.24, 2.45) is 34.0 Å². The molecule has 2 bridgehead atoms. The van der Waals surface area contributed by atoms with Crippen molar-refractivity contribution in [2.45, 2.75) is 72.1 Å². The SMILES string of the molecule is CC1(C)CC2CC3(CC2CC(C)(O)C(F)(F)F)C1C3(C)C. The fraction of sp³-hybridized carbons (Fsp3) is 1.00. The molecule has 1 nitrogen and oxygen atoms in total. The van der Waals surface area contributed by atoms with Crippen molar-refractivity contribution in [2.75, 3.05) is 0 Å². The van der Waals surface area contributed by atoms with Crippen molar-refractivity contribution in [3.05, 3.63) is 0 Å². The average Bonchev–Trinajstić information content (AvgIpc) is 2.55. The van der Waals surface area contributed by atoms with Crippen LogP contribution in [0.15, 0.2) is 0 Å². The lowest BCUT2D eigenvalue weighted by Gasteiger charge is -2.36. The first-order valence-corrected chi connectivity index (χ1v) is 8.04. The zero-order valence-corrected chi connectivity index (χ0v) is 13.6. The molecule has 1 N–H and O–H groups in total. The highest BCUT2D eigenvalue weighted by Crippen LogP contribution is 2.86. The molecule has 0 saturated heterocycles. The molecule has 0 radical (unpaired) electrons. The van der Waals surface area contributed by atoms with E-state index in [0.717, 1.165) is 26.2 Å². The fourth-order valence-corrected chi connectivity index (χ4v) is 6.68. The van der Waals surface area contributed by atoms with Crippen molar-refractivity contribution < 1.29 is 18.3 Å². The lowest BCUT2D eigenvalue weighted by molar-refractivity contribution is -0.259. The summed E-state index contributed by atoms with van der Waals surface area (Å²) in [6.45, 7) is 10.1. The van der Waals surface area contributed by atoms with Gasteiger partial charge in [0.2, 0.25) is 0 Å². The molecule has 122 valence electrons. The summed E-state index contributed by atoms with van der Waals surface area (Å²) in [4.78, 5) is 0. The third kappa shape index (κ3) is 1.87. The second-order valence-corrected chi connectivity index (χ2v) is 9.41. The van der Waals surface area contributed by atoms with E-state index in [9.17, 15) is 18.3 Å². The molecule has 21 heavy (non-hydrogen) atoms. The minimum Gasteiger partial charge on any atom is -0.381 e. The van der Waals surface area contributed by atoms with E-state index in [1.807, 2.05) is 0 Å². The van der Waals surface area contributed by atoms with Gasteiger partial charge in [0.15, 0.2) is 5.60 Å². The molecule has 0 aromatic carbocycles. The highest BCUT2D eigenvalue weighted by Gasteiger charge is 2.79. The molecule has 3 fully saturated rings. The van der Waals surface area contributed by atoms with Crippen LogP contribution in [-0.2, 0) is 0 Å². The summed E-state index contributed by atoms with van der Waals surface area (Å²) in [6, 6.07) is 0. The van der Waals surface area contributed by atoms with Crippen LogP contribution in [0.4, 0.5) is 13.2 Å². The first kappa shape index (κ1) is 15.6. The van der Waals surface area contributed by atoms with E-state index in [1.54, 1.807) is 0 Å². The van der Waals surface area contributed by atoms with Crippen LogP contribution in [0.25, 0.3) is 0 Å². The molecular weight excluding hydrogens is 277 g/mol. The van der Waals surface area contributed by atoms with Crippen LogP contribution >= 0.6 is 0 Å². The molecule has 3 rings (SSSR count). The summed E-state index contributed by atoms with van der Waals surface area (Å²) in [5.74, 6) is 0.967. The van der Waals surface area contributed by atoms with E-state index < -0.39 is 11.8 Å². The second-order valence-electron chi connectivity index (χ2n) is 9.41. The molecule has 3 aliphatic carbocycles. The van der Waals surface area contributed by atoms with Crippen LogP contribution in [0, 0.1) is 34.0 Å². The van der Waals surface area contributed by atoms with Crippen molar-refractivity contribution >= 4 is 0 Å². The first-order valence-electron chi connectivity index (χ1n) is 8.04. The Morgan fingerprint density at radius 3 is 2.14 bits per heavy atom. The Balaban J connectivity index is 1.84. The van der Waals surface area contributed by atoms with Gasteiger partial charge in [0.25, 0.3) is 0 Å². The summed E-state index contributed by atoms with van der Waals surface area (Å²) < 4.78 is 39.0. The molecule has 0 aromatic heterocycles. The molecule has 0 amide bonds. The number of halogens is 3. The van der Waals surface area contributed by atoms with E-state index in [-0.39, 0.29) is 28.6 Å². The Kier molecular flexibility index (Phi) is 2.83. The molecule has 0 aliphatic heterocycles. The van der Waals surface area contributed by atoms with Gasteiger partial charge in [-0.1, -0.05) is 27.7 Å². The van der Waals surface area contributed by atoms with Gasteiger partial charge in [-0.05, 0) is 66.6 Å². The predicted molar refractivity (Wildman–Crippen MR) is 75.6 cm³/mol. The number of aliphatic hydroxyl groups is 1. The normalized spacial score (nSPS) is 45.9. The Bertz CT molecular complexity index is 453. The largest absolute Gasteiger partial charge is 0.416 e. The van der Waals surface area contributed by atoms with Crippen LogP contribution < -0.4 is 0 Å². The molecule has 0 aromatic rings. The molecule has 3 saturated carbocycles. The van der Waals surface area contributed by atoms with E-state index >= 15 is 0 Å². The Morgan fingerprint density at radius 1 is 1.05 bits per heavy atom. The monoisotopic (exact) mass is 304 g/mol. The van der Waals surface area contributed by atoms with Gasteiger partial charge in [0.1, 0.15) is 0 Å². The highest BCUT2D eigenvalue weighted by molar-refractivity contribution is 5.27. The van der Waals surface area contributed by atoms with Gasteiger partial charge in [0, 0.05) is 0 Å². The summed E-state index contributed by atoms with van der Waals surface area (Å²) in [5, 5.41) is 9.86. The summed E-state index contributed by atoms with van der Waals surface area (Å²) in [6.07, 6.45) is -1.74. The van der Waals surface area contributed by atoms with E-state index in [1.165, 1.54) is 0 Å². The van der Waals surface area contributed by atoms with Crippen LogP contribution in [-0.4, -0.2) is 16.9 Å². The third-order valence-electron chi connectivity index (χ3n) is 7.23. The van der Waals surface area contributed by atoms with Crippen LogP contribution in [0.5, 0.6) is 0 Å². The lowest BCUT2D eigenvalue weighted by atomic mass is 9.70. The number of fused-ring (bicyclic) bond motifs is 1. The van der Waals surface area contributed by atoms with Crippen LogP contribution in [0.3, 0.4) is 0 Å². The van der Waals surface area contributed by atoms with Crippen molar-refractivity contribution in [3.63, 3.8) is 0 Å². The summed E-state index contributed by atoms with van der Waals surface area (Å²) in [7, 11) is 0. The van der Waals surface area contributed by atoms with Crippen LogP contribution in [0.2, 0.25) is 0 Å². The van der Waals surface area contributed by atoms with Gasteiger partial charge in [0.05, 0.1) is 0 Å². The second kappa shape index (κ2) is 3.80. The Hall–Kier alpha value is -0.250. The van der Waals surface area contributed by atoms with Crippen molar-refractivity contribution in [3.8, 4) is 0 Å². The number of rotatable bonds is 2. The van der Waals surface area contributed by atoms with Crippen molar-refractivity contribution in [1.82, 2.24) is 0 Å². The highest BCUT2D eigenvalue weighted by atomic mass is 19.4. The van der Waals surface area contributed by atoms with Gasteiger partial charge in [-0.15, -0.1) is 0 Å². The Labute approximate surface area is 125 Å².